The molecule has 2 heterocycles. The summed E-state index contributed by atoms with van der Waals surface area (Å²) in [6, 6.07) is 3.78. The number of thiazole rings is 1. The van der Waals surface area contributed by atoms with Gasteiger partial charge in [0.1, 0.15) is 21.8 Å². The van der Waals surface area contributed by atoms with Crippen LogP contribution in [0.15, 0.2) is 21.3 Å². The molecule has 0 aliphatic carbocycles. The largest absolute Gasteiger partial charge is 0.591 e. The van der Waals surface area contributed by atoms with Crippen LogP contribution in [-0.2, 0) is 18.4 Å². The zero-order chi connectivity index (χ0) is 21.7. The predicted octanol–water partition coefficient (Wildman–Crippen LogP) is 4.25. The zero-order valence-electron chi connectivity index (χ0n) is 18.1. The Hall–Kier alpha value is -2.03. The number of rotatable bonds is 3. The van der Waals surface area contributed by atoms with E-state index >= 15 is 0 Å². The van der Waals surface area contributed by atoms with E-state index in [4.69, 9.17) is 4.98 Å². The Morgan fingerprint density at radius 3 is 2.41 bits per heavy atom. The Morgan fingerprint density at radius 1 is 1.21 bits per heavy atom. The number of aromatic nitrogens is 3. The van der Waals surface area contributed by atoms with E-state index < -0.39 is 16.1 Å². The lowest BCUT2D eigenvalue weighted by Gasteiger charge is -2.19. The van der Waals surface area contributed by atoms with Gasteiger partial charge in [-0.05, 0) is 66.2 Å². The maximum Gasteiger partial charge on any atom is 0.261 e. The molecule has 1 unspecified atom stereocenters. The second-order valence-electron chi connectivity index (χ2n) is 8.18. The molecule has 0 aliphatic heterocycles. The van der Waals surface area contributed by atoms with Crippen molar-refractivity contribution >= 4 is 39.3 Å². The van der Waals surface area contributed by atoms with Gasteiger partial charge in [0.15, 0.2) is 5.82 Å². The van der Waals surface area contributed by atoms with Crippen LogP contribution in [0.1, 0.15) is 48.7 Å². The maximum absolute atomic E-state index is 13.1. The number of nitrogens with zero attached hydrogens (tertiary/aromatic N) is 4. The summed E-state index contributed by atoms with van der Waals surface area (Å²) in [4.78, 5) is 23.6. The van der Waals surface area contributed by atoms with Gasteiger partial charge >= 0.3 is 0 Å². The lowest BCUT2D eigenvalue weighted by molar-refractivity contribution is 0.561. The lowest BCUT2D eigenvalue weighted by atomic mass is 10.0. The molecule has 0 radical (unpaired) electrons. The van der Waals surface area contributed by atoms with Gasteiger partial charge in [-0.25, -0.2) is 9.97 Å². The Bertz CT molecular complexity index is 1190. The lowest BCUT2D eigenvalue weighted by Crippen LogP contribution is -2.27. The van der Waals surface area contributed by atoms with Crippen LogP contribution in [0, 0.1) is 20.8 Å². The number of benzene rings is 1. The summed E-state index contributed by atoms with van der Waals surface area (Å²) in [6.07, 6.45) is 0. The molecule has 0 amide bonds. The first kappa shape index (κ1) is 21.7. The van der Waals surface area contributed by atoms with Gasteiger partial charge in [0.05, 0.1) is 21.6 Å². The average molecular weight is 431 g/mol. The highest BCUT2D eigenvalue weighted by Crippen LogP contribution is 2.28. The summed E-state index contributed by atoms with van der Waals surface area (Å²) in [7, 11) is 1.72. The fraction of sp³-hybridized carbons (Fsp3) is 0.429. The first-order valence-electron chi connectivity index (χ1n) is 9.33. The smallest absolute Gasteiger partial charge is 0.261 e. The Labute approximate surface area is 178 Å². The molecule has 1 atom stereocenters. The van der Waals surface area contributed by atoms with E-state index in [1.807, 2.05) is 60.6 Å². The van der Waals surface area contributed by atoms with Gasteiger partial charge in [-0.2, -0.15) is 0 Å². The van der Waals surface area contributed by atoms with Crippen molar-refractivity contribution in [1.29, 1.82) is 0 Å². The molecule has 0 fully saturated rings. The van der Waals surface area contributed by atoms with E-state index in [-0.39, 0.29) is 5.56 Å². The fourth-order valence-electron chi connectivity index (χ4n) is 3.05. The fourth-order valence-corrected chi connectivity index (χ4v) is 4.49. The van der Waals surface area contributed by atoms with E-state index in [9.17, 15) is 9.35 Å². The minimum atomic E-state index is -1.40. The van der Waals surface area contributed by atoms with Crippen molar-refractivity contribution < 1.29 is 4.55 Å². The van der Waals surface area contributed by atoms with Crippen LogP contribution < -0.4 is 5.56 Å². The summed E-state index contributed by atoms with van der Waals surface area (Å²) < 4.78 is 18.0. The predicted molar refractivity (Wildman–Crippen MR) is 122 cm³/mol. The van der Waals surface area contributed by atoms with Crippen LogP contribution in [0.5, 0.6) is 0 Å². The van der Waals surface area contributed by atoms with Crippen molar-refractivity contribution in [2.45, 2.75) is 53.2 Å². The molecule has 3 rings (SSSR count). The molecule has 6 nitrogen and oxygen atoms in total. The van der Waals surface area contributed by atoms with Gasteiger partial charge in [-0.1, -0.05) is 4.40 Å². The van der Waals surface area contributed by atoms with E-state index in [1.54, 1.807) is 23.0 Å². The molecule has 0 spiro atoms. The first-order valence-corrected chi connectivity index (χ1v) is 11.3. The van der Waals surface area contributed by atoms with Crippen LogP contribution in [-0.4, -0.2) is 29.5 Å². The Morgan fingerprint density at radius 2 is 1.86 bits per heavy atom. The first-order chi connectivity index (χ1) is 13.4. The average Bonchev–Trinajstić information content (AvgIpc) is 2.95. The molecular formula is C21H26N4O2S2. The second kappa shape index (κ2) is 7.66. The molecule has 0 N–H and O–H groups in total. The summed E-state index contributed by atoms with van der Waals surface area (Å²) in [5.41, 5.74) is 3.39. The monoisotopic (exact) mass is 430 g/mol. The van der Waals surface area contributed by atoms with Crippen LogP contribution >= 0.6 is 11.3 Å². The highest BCUT2D eigenvalue weighted by Gasteiger charge is 2.27. The minimum Gasteiger partial charge on any atom is -0.591 e. The number of fused-ring (bicyclic) bond motifs is 1. The summed E-state index contributed by atoms with van der Waals surface area (Å²) in [6.45, 7) is 13.3. The Balaban J connectivity index is 2.34. The zero-order valence-corrected chi connectivity index (χ0v) is 19.7. The Kier molecular flexibility index (Phi) is 5.73. The van der Waals surface area contributed by atoms with Gasteiger partial charge < -0.3 is 4.55 Å². The van der Waals surface area contributed by atoms with Crippen molar-refractivity contribution in [3.63, 3.8) is 0 Å². The third kappa shape index (κ3) is 4.15. The van der Waals surface area contributed by atoms with Gasteiger partial charge in [0, 0.05) is 17.5 Å². The summed E-state index contributed by atoms with van der Waals surface area (Å²) in [5, 5.41) is 1.45. The number of hydrogen-bond donors (Lipinski definition) is 0. The topological polar surface area (TPSA) is 83.2 Å². The van der Waals surface area contributed by atoms with Crippen molar-refractivity contribution in [2.24, 2.45) is 11.4 Å². The van der Waals surface area contributed by atoms with E-state index in [1.165, 1.54) is 0 Å². The maximum atomic E-state index is 13.1. The molecule has 8 heteroatoms. The van der Waals surface area contributed by atoms with Crippen molar-refractivity contribution in [3.05, 3.63) is 43.5 Å². The molecule has 154 valence electrons. The van der Waals surface area contributed by atoms with Crippen LogP contribution in [0.2, 0.25) is 0 Å². The van der Waals surface area contributed by atoms with E-state index in [2.05, 4.69) is 9.38 Å². The summed E-state index contributed by atoms with van der Waals surface area (Å²) >= 11 is 0.175. The summed E-state index contributed by atoms with van der Waals surface area (Å²) in [5.74, 6) is 0.527. The second-order valence-corrected chi connectivity index (χ2v) is 11.5. The molecule has 3 aromatic rings. The normalized spacial score (nSPS) is 13.9. The van der Waals surface area contributed by atoms with Crippen molar-refractivity contribution in [3.8, 4) is 11.5 Å². The molecule has 0 saturated heterocycles. The van der Waals surface area contributed by atoms with Gasteiger partial charge in [-0.3, -0.25) is 9.36 Å². The molecule has 29 heavy (non-hydrogen) atoms. The molecule has 0 aliphatic rings. The van der Waals surface area contributed by atoms with Gasteiger partial charge in [0.25, 0.3) is 5.56 Å². The van der Waals surface area contributed by atoms with Gasteiger partial charge in [0.2, 0.25) is 0 Å². The molecule has 0 bridgehead atoms. The molecule has 2 aromatic heterocycles. The van der Waals surface area contributed by atoms with Crippen LogP contribution in [0.25, 0.3) is 22.4 Å². The van der Waals surface area contributed by atoms with Crippen LogP contribution in [0.4, 0.5) is 0 Å². The highest BCUT2D eigenvalue weighted by atomic mass is 32.2. The van der Waals surface area contributed by atoms with Crippen molar-refractivity contribution in [1.82, 2.24) is 14.5 Å². The van der Waals surface area contributed by atoms with E-state index in [0.29, 0.717) is 28.1 Å². The SMILES string of the molecule is CC(=N[S+]([O-])C(C)(C)C)c1cc(C)cc2c(=O)n(C)c(-c3nc(C)sc3C)nc12. The number of aryl methyl sites for hydroxylation is 3. The quantitative estimate of drug-likeness (QED) is 0.459. The third-order valence-electron chi connectivity index (χ3n) is 4.57. The van der Waals surface area contributed by atoms with Crippen molar-refractivity contribution in [2.75, 3.05) is 0 Å². The highest BCUT2D eigenvalue weighted by molar-refractivity contribution is 7.91. The molecule has 0 saturated carbocycles. The third-order valence-corrected chi connectivity index (χ3v) is 6.95. The van der Waals surface area contributed by atoms with Gasteiger partial charge in [-0.15, -0.1) is 11.3 Å². The molecular weight excluding hydrogens is 404 g/mol. The minimum absolute atomic E-state index is 0.134. The standard InChI is InChI=1S/C21H26N4O2S2/c1-11-9-15(12(2)24-29(27)21(5,6)7)18-16(10-11)20(26)25(8)19(23-18)17-13(3)28-14(4)22-17/h9-10H,1-8H3. The number of hydrogen-bond acceptors (Lipinski definition) is 6. The molecule has 1 aromatic carbocycles. The van der Waals surface area contributed by atoms with E-state index in [0.717, 1.165) is 21.0 Å². The van der Waals surface area contributed by atoms with Crippen LogP contribution in [0.3, 0.4) is 0 Å².